The van der Waals surface area contributed by atoms with E-state index >= 15 is 0 Å². The molecule has 14 nitrogen and oxygen atoms in total. The molecule has 3 rings (SSSR count). The van der Waals surface area contributed by atoms with Gasteiger partial charge in [-0.25, -0.2) is 9.78 Å². The summed E-state index contributed by atoms with van der Waals surface area (Å²) in [7, 11) is 0. The highest BCUT2D eigenvalue weighted by Gasteiger charge is 2.39. The van der Waals surface area contributed by atoms with Crippen LogP contribution in [0.25, 0.3) is 22.6 Å². The Kier molecular flexibility index (Phi) is 14.8. The first-order chi connectivity index (χ1) is 23.7. The van der Waals surface area contributed by atoms with E-state index < -0.39 is 60.0 Å². The van der Waals surface area contributed by atoms with Crippen molar-refractivity contribution in [1.29, 1.82) is 0 Å². The molecule has 0 fully saturated rings. The molecule has 0 radical (unpaired) electrons. The Labute approximate surface area is 291 Å². The number of carbonyl (C=O) groups is 4. The smallest absolute Gasteiger partial charge is 0.352 e. The number of esters is 4. The number of hydrogen-bond acceptors (Lipinski definition) is 12. The second kappa shape index (κ2) is 18.8. The van der Waals surface area contributed by atoms with Gasteiger partial charge in [0.2, 0.25) is 0 Å². The minimum atomic E-state index is -1.48. The number of allylic oxidation sites excluding steroid dienone is 1. The average molecular weight is 697 g/mol. The molecular formula is C36H48N4O10. The van der Waals surface area contributed by atoms with Gasteiger partial charge in [-0.1, -0.05) is 38.2 Å². The third kappa shape index (κ3) is 11.1. The number of fused-ring (bicyclic) bond motifs is 2. The standard InChI is InChI=1S/C36H48N4O10/c1-8-9-10-11-12-13-14-15-16-17-39-35(45)32-34(38-36(39)46)40(29-19-23(3)22(2)18-28(29)37-32)20-30(48-25(5)42)33(50-27(7)44)31(49-26(6)43)21-47-24(4)41/h8,18-19,30-31,33H,1,9-17,20-21H2,2-7H3/t30-,31+,33-/m0/s1. The molecule has 0 saturated heterocycles. The summed E-state index contributed by atoms with van der Waals surface area (Å²) >= 11 is 0. The lowest BCUT2D eigenvalue weighted by Gasteiger charge is -2.32. The molecule has 0 amide bonds. The zero-order valence-electron chi connectivity index (χ0n) is 29.8. The maximum Gasteiger partial charge on any atom is 0.352 e. The minimum absolute atomic E-state index is 0.0747. The normalized spacial score (nSPS) is 13.0. The number of ether oxygens (including phenoxy) is 4. The molecule has 2 heterocycles. The maximum atomic E-state index is 13.9. The molecule has 2 aliphatic heterocycles. The molecule has 14 heteroatoms. The van der Waals surface area contributed by atoms with Gasteiger partial charge in [-0.05, 0) is 56.4 Å². The van der Waals surface area contributed by atoms with Gasteiger partial charge in [-0.3, -0.25) is 28.5 Å². The second-order valence-electron chi connectivity index (χ2n) is 12.4. The van der Waals surface area contributed by atoms with Crippen molar-refractivity contribution in [3.63, 3.8) is 0 Å². The van der Waals surface area contributed by atoms with E-state index in [9.17, 15) is 28.8 Å². The number of hydrogen-bond donors (Lipinski definition) is 0. The molecule has 0 saturated carbocycles. The maximum absolute atomic E-state index is 13.9. The fraction of sp³-hybridized carbons (Fsp3) is 0.556. The summed E-state index contributed by atoms with van der Waals surface area (Å²) in [5.74, 6) is -3.12. The van der Waals surface area contributed by atoms with Gasteiger partial charge in [0.1, 0.15) is 6.61 Å². The molecule has 0 aliphatic carbocycles. The molecule has 0 N–H and O–H groups in total. The molecule has 272 valence electrons. The fourth-order valence-electron chi connectivity index (χ4n) is 5.74. The van der Waals surface area contributed by atoms with Crippen LogP contribution in [0.3, 0.4) is 0 Å². The summed E-state index contributed by atoms with van der Waals surface area (Å²) in [6.45, 7) is 11.4. The first kappa shape index (κ1) is 39.6. The summed E-state index contributed by atoms with van der Waals surface area (Å²) < 4.78 is 24.3. The lowest BCUT2D eigenvalue weighted by molar-refractivity contribution is -0.190. The highest BCUT2D eigenvalue weighted by Crippen LogP contribution is 2.27. The molecular weight excluding hydrogens is 648 g/mol. The third-order valence-corrected chi connectivity index (χ3v) is 8.23. The summed E-state index contributed by atoms with van der Waals surface area (Å²) in [5, 5.41) is 0. The fourth-order valence-corrected chi connectivity index (χ4v) is 5.74. The van der Waals surface area contributed by atoms with E-state index in [-0.39, 0.29) is 24.6 Å². The van der Waals surface area contributed by atoms with Crippen LogP contribution in [0.5, 0.6) is 0 Å². The lowest BCUT2D eigenvalue weighted by Crippen LogP contribution is -2.49. The van der Waals surface area contributed by atoms with Crippen LogP contribution in [-0.2, 0) is 51.2 Å². The number of aromatic nitrogens is 4. The van der Waals surface area contributed by atoms with Gasteiger partial charge >= 0.3 is 29.6 Å². The summed E-state index contributed by atoms with van der Waals surface area (Å²) in [4.78, 5) is 84.7. The molecule has 2 aliphatic rings. The van der Waals surface area contributed by atoms with Crippen LogP contribution in [-0.4, -0.2) is 67.9 Å². The Hall–Kier alpha value is -4.88. The van der Waals surface area contributed by atoms with Gasteiger partial charge in [-0.15, -0.1) is 6.58 Å². The second-order valence-corrected chi connectivity index (χ2v) is 12.4. The highest BCUT2D eigenvalue weighted by molar-refractivity contribution is 5.81. The third-order valence-electron chi connectivity index (χ3n) is 8.23. The van der Waals surface area contributed by atoms with Crippen molar-refractivity contribution in [3.05, 3.63) is 56.8 Å². The zero-order valence-corrected chi connectivity index (χ0v) is 29.8. The Morgan fingerprint density at radius 3 is 1.94 bits per heavy atom. The monoisotopic (exact) mass is 696 g/mol. The van der Waals surface area contributed by atoms with E-state index in [2.05, 4.69) is 16.5 Å². The van der Waals surface area contributed by atoms with Crippen molar-refractivity contribution < 1.29 is 38.1 Å². The minimum Gasteiger partial charge on any atom is -0.462 e. The molecule has 50 heavy (non-hydrogen) atoms. The molecule has 0 aromatic heterocycles. The van der Waals surface area contributed by atoms with Gasteiger partial charge in [0.25, 0.3) is 5.56 Å². The van der Waals surface area contributed by atoms with Gasteiger partial charge in [-0.2, -0.15) is 4.98 Å². The van der Waals surface area contributed by atoms with E-state index in [4.69, 9.17) is 18.9 Å². The van der Waals surface area contributed by atoms with Crippen LogP contribution in [0, 0.1) is 13.8 Å². The van der Waals surface area contributed by atoms with Crippen LogP contribution in [0.1, 0.15) is 90.2 Å². The van der Waals surface area contributed by atoms with Crippen LogP contribution in [0.2, 0.25) is 0 Å². The van der Waals surface area contributed by atoms with Gasteiger partial charge in [0, 0.05) is 34.2 Å². The lowest BCUT2D eigenvalue weighted by atomic mass is 10.1. The molecule has 1 aromatic carbocycles. The van der Waals surface area contributed by atoms with Crippen molar-refractivity contribution in [3.8, 4) is 11.5 Å². The van der Waals surface area contributed by atoms with Crippen molar-refractivity contribution in [2.75, 3.05) is 6.61 Å². The van der Waals surface area contributed by atoms with Crippen molar-refractivity contribution in [1.82, 2.24) is 19.1 Å². The Balaban J connectivity index is 2.11. The highest BCUT2D eigenvalue weighted by atomic mass is 16.6. The van der Waals surface area contributed by atoms with E-state index in [1.54, 1.807) is 12.1 Å². The van der Waals surface area contributed by atoms with Crippen LogP contribution in [0.15, 0.2) is 34.4 Å². The van der Waals surface area contributed by atoms with E-state index in [1.165, 1.54) is 4.57 Å². The number of carbonyl (C=O) groups excluding carboxylic acids is 4. The van der Waals surface area contributed by atoms with Crippen molar-refractivity contribution in [2.45, 2.75) is 124 Å². The number of aryl methyl sites for hydroxylation is 2. The average Bonchev–Trinajstić information content (AvgIpc) is 3.03. The largest absolute Gasteiger partial charge is 0.462 e. The van der Waals surface area contributed by atoms with Gasteiger partial charge in [0.15, 0.2) is 29.8 Å². The van der Waals surface area contributed by atoms with E-state index in [0.717, 1.165) is 88.3 Å². The molecule has 1 aromatic rings. The number of rotatable bonds is 19. The summed E-state index contributed by atoms with van der Waals surface area (Å²) in [5.41, 5.74) is 1.13. The Morgan fingerprint density at radius 2 is 1.34 bits per heavy atom. The molecule has 0 spiro atoms. The first-order valence-electron chi connectivity index (χ1n) is 16.9. The summed E-state index contributed by atoms with van der Waals surface area (Å²) in [6, 6.07) is 3.58. The topological polar surface area (TPSA) is 175 Å². The number of benzene rings is 1. The predicted octanol–water partition coefficient (Wildman–Crippen LogP) is 4.34. The van der Waals surface area contributed by atoms with Crippen LogP contribution in [0.4, 0.5) is 0 Å². The van der Waals surface area contributed by atoms with Gasteiger partial charge < -0.3 is 23.5 Å². The van der Waals surface area contributed by atoms with Crippen LogP contribution >= 0.6 is 0 Å². The first-order valence-corrected chi connectivity index (χ1v) is 16.9. The molecule has 0 unspecified atom stereocenters. The SMILES string of the molecule is C=CCCCCCCCCCn1c(=O)nc2n(C[C@H](OC(C)=O)[C@H](OC(C)=O)[C@@H](COC(C)=O)OC(C)=O)c3cc(C)c(C)cc3nc-2c1=O. The Bertz CT molecular complexity index is 1780. The van der Waals surface area contributed by atoms with Gasteiger partial charge in [0.05, 0.1) is 17.6 Å². The van der Waals surface area contributed by atoms with Crippen molar-refractivity contribution >= 4 is 34.9 Å². The number of nitrogens with zero attached hydrogens (tertiary/aromatic N) is 4. The Morgan fingerprint density at radius 1 is 0.760 bits per heavy atom. The summed E-state index contributed by atoms with van der Waals surface area (Å²) in [6.07, 6.45) is 5.55. The quantitative estimate of drug-likeness (QED) is 0.0571. The number of unbranched alkanes of at least 4 members (excludes halogenated alkanes) is 7. The molecule has 3 atom stereocenters. The molecule has 0 bridgehead atoms. The van der Waals surface area contributed by atoms with Crippen molar-refractivity contribution in [2.24, 2.45) is 0 Å². The van der Waals surface area contributed by atoms with E-state index in [1.807, 2.05) is 19.9 Å². The van der Waals surface area contributed by atoms with E-state index in [0.29, 0.717) is 17.5 Å². The predicted molar refractivity (Wildman–Crippen MR) is 185 cm³/mol. The zero-order chi connectivity index (χ0) is 37.0. The van der Waals surface area contributed by atoms with Crippen LogP contribution < -0.4 is 11.2 Å².